The van der Waals surface area contributed by atoms with E-state index in [1.165, 1.54) is 0 Å². The Morgan fingerprint density at radius 3 is 2.27 bits per heavy atom. The van der Waals surface area contributed by atoms with Gasteiger partial charge in [-0.3, -0.25) is 9.59 Å². The van der Waals surface area contributed by atoms with E-state index in [1.54, 1.807) is 56.4 Å². The van der Waals surface area contributed by atoms with Gasteiger partial charge < -0.3 is 15.5 Å². The maximum Gasteiger partial charge on any atom is 0.282 e. The minimum Gasteiger partial charge on any atom is -0.321 e. The Balaban J connectivity index is 1.93. The van der Waals surface area contributed by atoms with Crippen LogP contribution in [0.25, 0.3) is 0 Å². The Bertz CT molecular complexity index is 794. The molecule has 0 saturated heterocycles. The van der Waals surface area contributed by atoms with Gasteiger partial charge in [0, 0.05) is 15.7 Å². The normalized spacial score (nSPS) is 13.0. The molecule has 0 aliphatic rings. The first kappa shape index (κ1) is 20.5. The van der Waals surface area contributed by atoms with Gasteiger partial charge in [0.05, 0.1) is 17.8 Å². The van der Waals surface area contributed by atoms with E-state index < -0.39 is 6.04 Å². The molecule has 0 radical (unpaired) electrons. The van der Waals surface area contributed by atoms with Gasteiger partial charge in [0.2, 0.25) is 0 Å². The number of likely N-dealkylation sites (N-methyl/N-ethyl adjacent to an activating group) is 1. The summed E-state index contributed by atoms with van der Waals surface area (Å²) in [4.78, 5) is 25.3. The monoisotopic (exact) mass is 414 g/mol. The molecule has 2 amide bonds. The number of benzene rings is 2. The van der Waals surface area contributed by atoms with E-state index in [9.17, 15) is 9.59 Å². The largest absolute Gasteiger partial charge is 0.321 e. The molecule has 5 nitrogen and oxygen atoms in total. The molecule has 0 saturated carbocycles. The maximum absolute atomic E-state index is 12.4. The zero-order valence-electron chi connectivity index (χ0n) is 14.3. The first-order valence-corrected chi connectivity index (χ1v) is 9.03. The van der Waals surface area contributed by atoms with Crippen molar-refractivity contribution in [3.63, 3.8) is 0 Å². The number of hydrogen-bond donors (Lipinski definition) is 3. The first-order valence-electron chi connectivity index (χ1n) is 7.90. The van der Waals surface area contributed by atoms with E-state index >= 15 is 0 Å². The molecule has 8 heteroatoms. The fraction of sp³-hybridized carbons (Fsp3) is 0.222. The lowest BCUT2D eigenvalue weighted by Gasteiger charge is -2.21. The van der Waals surface area contributed by atoms with Gasteiger partial charge in [-0.25, -0.2) is 0 Å². The number of quaternary nitrogens is 1. The highest BCUT2D eigenvalue weighted by Crippen LogP contribution is 2.22. The van der Waals surface area contributed by atoms with Gasteiger partial charge in [-0.2, -0.15) is 0 Å². The molecule has 2 aromatic carbocycles. The Hall–Kier alpha value is -1.79. The molecule has 0 fully saturated rings. The summed E-state index contributed by atoms with van der Waals surface area (Å²) in [5.74, 6) is -0.479. The highest BCUT2D eigenvalue weighted by Gasteiger charge is 2.24. The summed E-state index contributed by atoms with van der Waals surface area (Å²) in [6.07, 6.45) is 0. The van der Waals surface area contributed by atoms with Gasteiger partial charge in [0.15, 0.2) is 12.6 Å². The molecule has 2 rings (SSSR count). The molecule has 0 aromatic heterocycles. The average molecular weight is 416 g/mol. The molecule has 0 aliphatic carbocycles. The summed E-state index contributed by atoms with van der Waals surface area (Å²) < 4.78 is 0. The molecule has 2 aromatic rings. The highest BCUT2D eigenvalue weighted by atomic mass is 35.5. The summed E-state index contributed by atoms with van der Waals surface area (Å²) >= 11 is 17.9. The number of hydrogen-bond acceptors (Lipinski definition) is 2. The summed E-state index contributed by atoms with van der Waals surface area (Å²) in [5.41, 5.74) is 1.05. The summed E-state index contributed by atoms with van der Waals surface area (Å²) in [6, 6.07) is 11.3. The number of para-hydroxylation sites is 1. The third kappa shape index (κ3) is 5.88. The maximum atomic E-state index is 12.4. The van der Waals surface area contributed by atoms with Crippen molar-refractivity contribution in [2.75, 3.05) is 24.2 Å². The second kappa shape index (κ2) is 9.24. The quantitative estimate of drug-likeness (QED) is 0.679. The number of carbonyl (C=O) groups is 2. The van der Waals surface area contributed by atoms with Crippen molar-refractivity contribution in [1.29, 1.82) is 0 Å². The fourth-order valence-electron chi connectivity index (χ4n) is 2.26. The lowest BCUT2D eigenvalue weighted by atomic mass is 10.2. The van der Waals surface area contributed by atoms with Gasteiger partial charge >= 0.3 is 0 Å². The lowest BCUT2D eigenvalue weighted by Crippen LogP contribution is -3.14. The van der Waals surface area contributed by atoms with Crippen LogP contribution < -0.4 is 15.5 Å². The lowest BCUT2D eigenvalue weighted by molar-refractivity contribution is -0.885. The molecule has 3 N–H and O–H groups in total. The van der Waals surface area contributed by atoms with Crippen molar-refractivity contribution < 1.29 is 14.5 Å². The Kier molecular flexibility index (Phi) is 7.29. The van der Waals surface area contributed by atoms with Crippen LogP contribution in [0.3, 0.4) is 0 Å². The summed E-state index contributed by atoms with van der Waals surface area (Å²) in [5, 5.41) is 6.82. The van der Waals surface area contributed by atoms with Crippen LogP contribution in [-0.4, -0.2) is 31.4 Å². The van der Waals surface area contributed by atoms with Gasteiger partial charge in [-0.1, -0.05) is 46.9 Å². The highest BCUT2D eigenvalue weighted by molar-refractivity contribution is 6.35. The second-order valence-electron chi connectivity index (χ2n) is 5.92. The molecular weight excluding hydrogens is 397 g/mol. The predicted molar refractivity (Wildman–Crippen MR) is 106 cm³/mol. The SMILES string of the molecule is C[C@H](C(=O)Nc1cc(Cl)cc(Cl)c1)[NH+](C)CC(=O)Nc1ccccc1Cl. The van der Waals surface area contributed by atoms with Crippen LogP contribution in [-0.2, 0) is 9.59 Å². The van der Waals surface area contributed by atoms with E-state index in [2.05, 4.69) is 10.6 Å². The van der Waals surface area contributed by atoms with Crippen LogP contribution >= 0.6 is 34.8 Å². The van der Waals surface area contributed by atoms with Crippen LogP contribution in [0, 0.1) is 0 Å². The van der Waals surface area contributed by atoms with Gasteiger partial charge in [-0.05, 0) is 37.3 Å². The zero-order valence-corrected chi connectivity index (χ0v) is 16.5. The van der Waals surface area contributed by atoms with Crippen molar-refractivity contribution in [3.8, 4) is 0 Å². The first-order chi connectivity index (χ1) is 12.3. The number of nitrogens with one attached hydrogen (secondary N) is 3. The van der Waals surface area contributed by atoms with Gasteiger partial charge in [0.1, 0.15) is 0 Å². The van der Waals surface area contributed by atoms with E-state index in [4.69, 9.17) is 34.8 Å². The molecule has 0 bridgehead atoms. The molecule has 1 unspecified atom stereocenters. The summed E-state index contributed by atoms with van der Waals surface area (Å²) in [6.45, 7) is 1.84. The molecule has 0 spiro atoms. The standard InChI is InChI=1S/C18H18Cl3N3O2/c1-11(18(26)22-14-8-12(19)7-13(20)9-14)24(2)10-17(25)23-16-6-4-3-5-15(16)21/h3-9,11H,10H2,1-2H3,(H,22,26)(H,23,25)/p+1/t11-/m1/s1. The molecule has 138 valence electrons. The van der Waals surface area contributed by atoms with Crippen LogP contribution in [0.4, 0.5) is 11.4 Å². The average Bonchev–Trinajstić information content (AvgIpc) is 2.55. The molecule has 0 heterocycles. The zero-order chi connectivity index (χ0) is 19.3. The number of halogens is 3. The van der Waals surface area contributed by atoms with Gasteiger partial charge in [0.25, 0.3) is 11.8 Å². The number of carbonyl (C=O) groups excluding carboxylic acids is 2. The van der Waals surface area contributed by atoms with Gasteiger partial charge in [-0.15, -0.1) is 0 Å². The van der Waals surface area contributed by atoms with E-state index in [0.717, 1.165) is 4.90 Å². The van der Waals surface area contributed by atoms with Crippen molar-refractivity contribution in [1.82, 2.24) is 0 Å². The van der Waals surface area contributed by atoms with Crippen LogP contribution in [0.1, 0.15) is 6.92 Å². The third-order valence-corrected chi connectivity index (χ3v) is 4.62. The van der Waals surface area contributed by atoms with E-state index in [1.807, 2.05) is 0 Å². The predicted octanol–water partition coefficient (Wildman–Crippen LogP) is 3.13. The van der Waals surface area contributed by atoms with E-state index in [0.29, 0.717) is 26.4 Å². The smallest absolute Gasteiger partial charge is 0.282 e. The Morgan fingerprint density at radius 2 is 1.65 bits per heavy atom. The minimum atomic E-state index is -0.468. The topological polar surface area (TPSA) is 62.6 Å². The van der Waals surface area contributed by atoms with Crippen molar-refractivity contribution in [3.05, 3.63) is 57.5 Å². The number of anilines is 2. The number of amides is 2. The molecule has 0 aliphatic heterocycles. The summed E-state index contributed by atoms with van der Waals surface area (Å²) in [7, 11) is 1.77. The van der Waals surface area contributed by atoms with Crippen molar-refractivity contribution in [2.24, 2.45) is 0 Å². The number of rotatable bonds is 6. The second-order valence-corrected chi connectivity index (χ2v) is 7.20. The molecule has 2 atom stereocenters. The van der Waals surface area contributed by atoms with Crippen molar-refractivity contribution in [2.45, 2.75) is 13.0 Å². The van der Waals surface area contributed by atoms with Crippen LogP contribution in [0.5, 0.6) is 0 Å². The third-order valence-electron chi connectivity index (χ3n) is 3.85. The Morgan fingerprint density at radius 1 is 1.04 bits per heavy atom. The fourth-order valence-corrected chi connectivity index (χ4v) is 2.97. The van der Waals surface area contributed by atoms with Crippen molar-refractivity contribution >= 4 is 58.0 Å². The van der Waals surface area contributed by atoms with Crippen LogP contribution in [0.15, 0.2) is 42.5 Å². The molecular formula is C18H19Cl3N3O2+. The van der Waals surface area contributed by atoms with Crippen LogP contribution in [0.2, 0.25) is 15.1 Å². The minimum absolute atomic E-state index is 0.107. The molecule has 26 heavy (non-hydrogen) atoms. The van der Waals surface area contributed by atoms with E-state index in [-0.39, 0.29) is 18.4 Å². The Labute approximate surface area is 167 Å².